The molecule has 0 fully saturated rings. The quantitative estimate of drug-likeness (QED) is 0.147. The molecule has 8 nitrogen and oxygen atoms in total. The van der Waals surface area contributed by atoms with E-state index in [1.165, 1.54) is 4.90 Å². The zero-order chi connectivity index (χ0) is 36.0. The average molecular weight is 700 g/mol. The Labute approximate surface area is 290 Å². The van der Waals surface area contributed by atoms with Crippen LogP contribution in [0.4, 0.5) is 8.78 Å². The Kier molecular flexibility index (Phi) is 15.8. The van der Waals surface area contributed by atoms with Gasteiger partial charge in [-0.25, -0.2) is 17.2 Å². The van der Waals surface area contributed by atoms with Gasteiger partial charge in [-0.1, -0.05) is 88.2 Å². The van der Waals surface area contributed by atoms with Crippen LogP contribution in [0.2, 0.25) is 0 Å². The van der Waals surface area contributed by atoms with Gasteiger partial charge in [0.05, 0.1) is 17.1 Å². The number of aliphatic hydroxyl groups is 1. The standard InChI is InChI=1S/C38H51F2N3O5S/c1-4-11-33(12-5-2)49(47,48)26-35(42-37(45)18-17-28-13-8-7-9-14-28)38(46)43(24-29-16-10-15-27(6-3)19-29)25-36(44)34(41)22-30-20-31(39)23-32(40)21-30/h7-10,13-16,19-21,23,33-36,44H,4-6,11-12,17-18,22,24-26,41H2,1-3H3,(H,42,45)/t34-,35?,36-/m1/s1. The fourth-order valence-electron chi connectivity index (χ4n) is 5.98. The SMILES string of the molecule is CCCC(CCC)S(=O)(=O)CC(NC(=O)CCc1ccccc1)C(=O)N(Cc1cccc(CC)c1)C[C@@H](O)[C@H](N)Cc1cc(F)cc(F)c1. The number of aryl methyl sites for hydroxylation is 2. The number of carbonyl (C=O) groups is 2. The molecule has 0 saturated carbocycles. The number of halogens is 2. The van der Waals surface area contributed by atoms with E-state index in [4.69, 9.17) is 5.73 Å². The highest BCUT2D eigenvalue weighted by molar-refractivity contribution is 7.92. The maximum absolute atomic E-state index is 14.4. The van der Waals surface area contributed by atoms with E-state index < -0.39 is 62.5 Å². The van der Waals surface area contributed by atoms with Gasteiger partial charge in [-0.3, -0.25) is 9.59 Å². The molecule has 11 heteroatoms. The van der Waals surface area contributed by atoms with Gasteiger partial charge in [0.25, 0.3) is 0 Å². The van der Waals surface area contributed by atoms with E-state index >= 15 is 0 Å². The van der Waals surface area contributed by atoms with Gasteiger partial charge in [0.1, 0.15) is 17.7 Å². The van der Waals surface area contributed by atoms with Crippen LogP contribution in [-0.2, 0) is 45.2 Å². The van der Waals surface area contributed by atoms with E-state index in [0.717, 1.165) is 41.3 Å². The number of hydrogen-bond acceptors (Lipinski definition) is 6. The lowest BCUT2D eigenvalue weighted by molar-refractivity contribution is -0.137. The van der Waals surface area contributed by atoms with Crippen LogP contribution < -0.4 is 11.1 Å². The van der Waals surface area contributed by atoms with Crippen LogP contribution in [0, 0.1) is 11.6 Å². The van der Waals surface area contributed by atoms with Crippen molar-refractivity contribution < 1.29 is 31.9 Å². The molecule has 3 aromatic carbocycles. The van der Waals surface area contributed by atoms with Crippen molar-refractivity contribution in [3.05, 3.63) is 107 Å². The fourth-order valence-corrected chi connectivity index (χ4v) is 8.13. The Balaban J connectivity index is 1.94. The molecule has 3 atom stereocenters. The van der Waals surface area contributed by atoms with Crippen LogP contribution >= 0.6 is 0 Å². The van der Waals surface area contributed by atoms with Crippen molar-refractivity contribution in [1.82, 2.24) is 10.2 Å². The van der Waals surface area contributed by atoms with Gasteiger partial charge in [0.2, 0.25) is 11.8 Å². The van der Waals surface area contributed by atoms with E-state index in [0.29, 0.717) is 32.1 Å². The predicted octanol–water partition coefficient (Wildman–Crippen LogP) is 5.29. The summed E-state index contributed by atoms with van der Waals surface area (Å²) < 4.78 is 55.3. The molecule has 0 spiro atoms. The summed E-state index contributed by atoms with van der Waals surface area (Å²) in [7, 11) is -3.83. The molecule has 49 heavy (non-hydrogen) atoms. The van der Waals surface area contributed by atoms with Crippen LogP contribution in [0.5, 0.6) is 0 Å². The summed E-state index contributed by atoms with van der Waals surface area (Å²) >= 11 is 0. The third kappa shape index (κ3) is 12.9. The number of hydrogen-bond donors (Lipinski definition) is 3. The van der Waals surface area contributed by atoms with E-state index in [1.54, 1.807) is 0 Å². The molecule has 0 radical (unpaired) electrons. The normalized spacial score (nSPS) is 13.6. The number of carbonyl (C=O) groups excluding carboxylic acids is 2. The van der Waals surface area contributed by atoms with Gasteiger partial charge in [0, 0.05) is 31.6 Å². The summed E-state index contributed by atoms with van der Waals surface area (Å²) in [6.45, 7) is 5.50. The first-order valence-electron chi connectivity index (χ1n) is 17.1. The predicted molar refractivity (Wildman–Crippen MR) is 189 cm³/mol. The minimum atomic E-state index is -3.83. The molecule has 0 aliphatic rings. The summed E-state index contributed by atoms with van der Waals surface area (Å²) in [6.07, 6.45) is 1.91. The highest BCUT2D eigenvalue weighted by atomic mass is 32.2. The number of nitrogens with zero attached hydrogens (tertiary/aromatic N) is 1. The third-order valence-corrected chi connectivity index (χ3v) is 10.9. The van der Waals surface area contributed by atoms with Crippen LogP contribution in [-0.4, -0.2) is 66.0 Å². The van der Waals surface area contributed by atoms with Crippen molar-refractivity contribution in [2.75, 3.05) is 12.3 Å². The fraction of sp³-hybridized carbons (Fsp3) is 0.474. The van der Waals surface area contributed by atoms with Crippen molar-refractivity contribution in [1.29, 1.82) is 0 Å². The summed E-state index contributed by atoms with van der Waals surface area (Å²) in [6, 6.07) is 17.5. The molecular formula is C38H51F2N3O5S. The van der Waals surface area contributed by atoms with Crippen molar-refractivity contribution in [2.45, 2.75) is 102 Å². The molecule has 0 aliphatic carbocycles. The number of benzene rings is 3. The van der Waals surface area contributed by atoms with Crippen molar-refractivity contribution in [3.63, 3.8) is 0 Å². The van der Waals surface area contributed by atoms with Crippen molar-refractivity contribution in [2.24, 2.45) is 5.73 Å². The smallest absolute Gasteiger partial charge is 0.246 e. The lowest BCUT2D eigenvalue weighted by Gasteiger charge is -2.32. The Morgan fingerprint density at radius 3 is 2.08 bits per heavy atom. The Morgan fingerprint density at radius 2 is 1.47 bits per heavy atom. The third-order valence-electron chi connectivity index (χ3n) is 8.63. The minimum absolute atomic E-state index is 0.00876. The second kappa shape index (κ2) is 19.5. The second-order valence-electron chi connectivity index (χ2n) is 12.7. The first-order valence-corrected chi connectivity index (χ1v) is 18.9. The molecule has 0 heterocycles. The van der Waals surface area contributed by atoms with E-state index in [9.17, 15) is 31.9 Å². The van der Waals surface area contributed by atoms with Gasteiger partial charge in [-0.15, -0.1) is 0 Å². The lowest BCUT2D eigenvalue weighted by Crippen LogP contribution is -2.55. The highest BCUT2D eigenvalue weighted by Gasteiger charge is 2.35. The molecule has 3 rings (SSSR count). The van der Waals surface area contributed by atoms with Crippen LogP contribution in [0.25, 0.3) is 0 Å². The zero-order valence-electron chi connectivity index (χ0n) is 28.8. The summed E-state index contributed by atoms with van der Waals surface area (Å²) in [5, 5.41) is 13.3. The Bertz CT molecular complexity index is 1580. The second-order valence-corrected chi connectivity index (χ2v) is 15.1. The maximum atomic E-state index is 14.4. The molecule has 0 aromatic heterocycles. The topological polar surface area (TPSA) is 130 Å². The van der Waals surface area contributed by atoms with Gasteiger partial charge < -0.3 is 21.1 Å². The van der Waals surface area contributed by atoms with Crippen LogP contribution in [0.1, 0.15) is 75.1 Å². The summed E-state index contributed by atoms with van der Waals surface area (Å²) in [4.78, 5) is 29.0. The number of sulfone groups is 1. The molecule has 0 aliphatic heterocycles. The van der Waals surface area contributed by atoms with Crippen molar-refractivity contribution >= 4 is 21.7 Å². The molecule has 1 unspecified atom stereocenters. The number of rotatable bonds is 20. The first-order chi connectivity index (χ1) is 23.3. The number of aliphatic hydroxyl groups excluding tert-OH is 1. The van der Waals surface area contributed by atoms with E-state index in [-0.39, 0.29) is 31.5 Å². The minimum Gasteiger partial charge on any atom is -0.390 e. The molecule has 2 amide bonds. The molecule has 268 valence electrons. The summed E-state index contributed by atoms with van der Waals surface area (Å²) in [5.74, 6) is -3.29. The van der Waals surface area contributed by atoms with Crippen molar-refractivity contribution in [3.8, 4) is 0 Å². The highest BCUT2D eigenvalue weighted by Crippen LogP contribution is 2.19. The maximum Gasteiger partial charge on any atom is 0.246 e. The number of amides is 2. The van der Waals surface area contributed by atoms with Gasteiger partial charge >= 0.3 is 0 Å². The number of nitrogens with two attached hydrogens (primary N) is 1. The molecule has 4 N–H and O–H groups in total. The van der Waals surface area contributed by atoms with Crippen LogP contribution in [0.15, 0.2) is 72.8 Å². The average Bonchev–Trinajstić information content (AvgIpc) is 3.06. The molecule has 0 saturated heterocycles. The van der Waals surface area contributed by atoms with Gasteiger partial charge in [-0.05, 0) is 66.5 Å². The zero-order valence-corrected chi connectivity index (χ0v) is 29.6. The molecular weight excluding hydrogens is 648 g/mol. The van der Waals surface area contributed by atoms with Crippen LogP contribution in [0.3, 0.4) is 0 Å². The summed E-state index contributed by atoms with van der Waals surface area (Å²) in [5.41, 5.74) is 9.22. The number of nitrogens with one attached hydrogen (secondary N) is 1. The monoisotopic (exact) mass is 699 g/mol. The van der Waals surface area contributed by atoms with E-state index in [2.05, 4.69) is 5.32 Å². The first kappa shape index (κ1) is 39.8. The molecule has 3 aromatic rings. The Morgan fingerprint density at radius 1 is 0.857 bits per heavy atom. The van der Waals surface area contributed by atoms with Gasteiger partial charge in [-0.2, -0.15) is 0 Å². The molecule has 0 bridgehead atoms. The largest absolute Gasteiger partial charge is 0.390 e. The lowest BCUT2D eigenvalue weighted by atomic mass is 10.0. The van der Waals surface area contributed by atoms with Gasteiger partial charge in [0.15, 0.2) is 9.84 Å². The Hall–Kier alpha value is -3.67. The van der Waals surface area contributed by atoms with E-state index in [1.807, 2.05) is 75.4 Å².